The van der Waals surface area contributed by atoms with Crippen molar-refractivity contribution in [1.82, 2.24) is 0 Å². The van der Waals surface area contributed by atoms with Crippen molar-refractivity contribution in [1.29, 1.82) is 0 Å². The van der Waals surface area contributed by atoms with Crippen LogP contribution in [0.5, 0.6) is 0 Å². The molecule has 50 valence electrons. The molecular formula is CHF4O2P. The highest BCUT2D eigenvalue weighted by Crippen LogP contribution is 2.58. The van der Waals surface area contributed by atoms with E-state index in [0.717, 1.165) is 0 Å². The highest BCUT2D eigenvalue weighted by Gasteiger charge is 2.51. The minimum Gasteiger partial charge on any atom is -0.315 e. The molecule has 0 aliphatic heterocycles. The molecule has 0 aromatic rings. The van der Waals surface area contributed by atoms with Crippen molar-refractivity contribution in [2.24, 2.45) is 0 Å². The van der Waals surface area contributed by atoms with Crippen molar-refractivity contribution < 1.29 is 26.8 Å². The molecule has 0 rings (SSSR count). The van der Waals surface area contributed by atoms with Gasteiger partial charge in [0.05, 0.1) is 0 Å². The van der Waals surface area contributed by atoms with Gasteiger partial charge in [-0.25, -0.2) is 4.57 Å². The van der Waals surface area contributed by atoms with Crippen molar-refractivity contribution >= 4 is 7.68 Å². The average Bonchev–Trinajstić information content (AvgIpc) is 1.25. The van der Waals surface area contributed by atoms with E-state index in [4.69, 9.17) is 9.46 Å². The second-order valence-corrected chi connectivity index (χ2v) is 2.48. The van der Waals surface area contributed by atoms with Crippen LogP contribution in [0.15, 0.2) is 0 Å². The van der Waals surface area contributed by atoms with Gasteiger partial charge in [0, 0.05) is 0 Å². The van der Waals surface area contributed by atoms with E-state index in [1.165, 1.54) is 0 Å². The highest BCUT2D eigenvalue weighted by atomic mass is 31.2. The molecule has 7 heteroatoms. The van der Waals surface area contributed by atoms with Gasteiger partial charge in [-0.15, -0.1) is 4.20 Å². The maximum Gasteiger partial charge on any atom is 0.498 e. The monoisotopic (exact) mass is 152 g/mol. The Hall–Kier alpha value is -0.0900. The van der Waals surface area contributed by atoms with Crippen LogP contribution in [0.3, 0.4) is 0 Å². The van der Waals surface area contributed by atoms with Gasteiger partial charge in [-0.05, 0) is 0 Å². The third-order valence-electron chi connectivity index (χ3n) is 0.313. The molecule has 0 aromatic carbocycles. The normalized spacial score (nSPS) is 20.1. The second kappa shape index (κ2) is 1.70. The van der Waals surface area contributed by atoms with Gasteiger partial charge in [0.1, 0.15) is 0 Å². The quantitative estimate of drug-likeness (QED) is 0.423. The zero-order valence-corrected chi connectivity index (χ0v) is 4.21. The second-order valence-electron chi connectivity index (χ2n) is 0.970. The summed E-state index contributed by atoms with van der Waals surface area (Å²) in [7, 11) is -6.35. The van der Waals surface area contributed by atoms with Crippen molar-refractivity contribution in [2.45, 2.75) is 5.92 Å². The van der Waals surface area contributed by atoms with E-state index in [2.05, 4.69) is 0 Å². The molecule has 0 bridgehead atoms. The summed E-state index contributed by atoms with van der Waals surface area (Å²) in [4.78, 5) is 7.12. The number of halogens is 4. The van der Waals surface area contributed by atoms with Crippen LogP contribution >= 0.6 is 7.68 Å². The van der Waals surface area contributed by atoms with Crippen molar-refractivity contribution in [3.63, 3.8) is 0 Å². The van der Waals surface area contributed by atoms with Gasteiger partial charge < -0.3 is 4.89 Å². The predicted molar refractivity (Wildman–Crippen MR) is 17.0 cm³/mol. The first-order valence-electron chi connectivity index (χ1n) is 1.34. The third kappa shape index (κ3) is 1.79. The van der Waals surface area contributed by atoms with Crippen molar-refractivity contribution in [3.05, 3.63) is 0 Å². The molecule has 1 atom stereocenters. The fraction of sp³-hybridized carbons (Fsp3) is 1.00. The average molecular weight is 152 g/mol. The number of rotatable bonds is 0. The Morgan fingerprint density at radius 2 is 1.50 bits per heavy atom. The fourth-order valence-electron chi connectivity index (χ4n) is 0. The summed E-state index contributed by atoms with van der Waals surface area (Å²) in [6.07, 6.45) is 0. The van der Waals surface area contributed by atoms with E-state index in [9.17, 15) is 17.4 Å². The lowest BCUT2D eigenvalue weighted by Crippen LogP contribution is -2.03. The molecule has 0 heterocycles. The molecule has 1 unspecified atom stereocenters. The van der Waals surface area contributed by atoms with Gasteiger partial charge >= 0.3 is 13.6 Å². The fourth-order valence-corrected chi connectivity index (χ4v) is 0. The number of hydrogen-bond acceptors (Lipinski definition) is 1. The zero-order valence-electron chi connectivity index (χ0n) is 3.31. The van der Waals surface area contributed by atoms with Crippen LogP contribution in [0.2, 0.25) is 0 Å². The molecule has 0 aromatic heterocycles. The summed E-state index contributed by atoms with van der Waals surface area (Å²) in [6.45, 7) is 0. The van der Waals surface area contributed by atoms with Crippen molar-refractivity contribution in [3.8, 4) is 0 Å². The third-order valence-corrected chi connectivity index (χ3v) is 0.938. The standard InChI is InChI=1S/CHF4O2P/c2-1(3,4)8(5,6)7/h(H,6,7). The Labute approximate surface area is 41.7 Å². The first-order chi connectivity index (χ1) is 3.25. The molecule has 0 radical (unpaired) electrons. The molecule has 0 amide bonds. The summed E-state index contributed by atoms with van der Waals surface area (Å²) in [5, 5.41) is 0. The van der Waals surface area contributed by atoms with E-state index in [0.29, 0.717) is 0 Å². The Balaban J connectivity index is 4.26. The Kier molecular flexibility index (Phi) is 1.68. The molecule has 1 N–H and O–H groups in total. The maximum absolute atomic E-state index is 10.9. The van der Waals surface area contributed by atoms with Gasteiger partial charge in [-0.1, -0.05) is 0 Å². The summed E-state index contributed by atoms with van der Waals surface area (Å²) in [5.74, 6) is -5.62. The lowest BCUT2D eigenvalue weighted by molar-refractivity contribution is -0.0615. The van der Waals surface area contributed by atoms with E-state index in [-0.39, 0.29) is 0 Å². The maximum atomic E-state index is 10.9. The van der Waals surface area contributed by atoms with Crippen LogP contribution in [-0.4, -0.2) is 10.8 Å². The van der Waals surface area contributed by atoms with E-state index in [1.807, 2.05) is 0 Å². The van der Waals surface area contributed by atoms with E-state index < -0.39 is 13.6 Å². The number of alkyl halides is 3. The van der Waals surface area contributed by atoms with E-state index in [1.54, 1.807) is 0 Å². The molecule has 0 fully saturated rings. The van der Waals surface area contributed by atoms with Gasteiger partial charge in [-0.3, -0.25) is 0 Å². The SMILES string of the molecule is O=P(O)(F)C(F)(F)F. The summed E-state index contributed by atoms with van der Waals surface area (Å²) in [5.41, 5.74) is 0. The molecule has 0 spiro atoms. The molecular weight excluding hydrogens is 151 g/mol. The van der Waals surface area contributed by atoms with Gasteiger partial charge in [0.15, 0.2) is 0 Å². The van der Waals surface area contributed by atoms with Crippen LogP contribution in [0.4, 0.5) is 17.4 Å². The smallest absolute Gasteiger partial charge is 0.315 e. The van der Waals surface area contributed by atoms with E-state index >= 15 is 0 Å². The van der Waals surface area contributed by atoms with Gasteiger partial charge in [-0.2, -0.15) is 13.2 Å². The molecule has 2 nitrogen and oxygen atoms in total. The zero-order chi connectivity index (χ0) is 7.00. The number of hydrogen-bond donors (Lipinski definition) is 1. The van der Waals surface area contributed by atoms with Crippen LogP contribution in [-0.2, 0) is 4.57 Å². The molecule has 0 saturated carbocycles. The Morgan fingerprint density at radius 3 is 1.50 bits per heavy atom. The van der Waals surface area contributed by atoms with Crippen molar-refractivity contribution in [2.75, 3.05) is 0 Å². The lowest BCUT2D eigenvalue weighted by atomic mass is 11.6. The summed E-state index contributed by atoms with van der Waals surface area (Å²) in [6, 6.07) is 0. The molecule has 8 heavy (non-hydrogen) atoms. The minimum atomic E-state index is -6.35. The lowest BCUT2D eigenvalue weighted by Gasteiger charge is -2.02. The minimum absolute atomic E-state index is 5.62. The van der Waals surface area contributed by atoms with Crippen LogP contribution < -0.4 is 0 Å². The molecule has 0 aliphatic rings. The van der Waals surface area contributed by atoms with Crippen LogP contribution in [0.25, 0.3) is 0 Å². The Bertz CT molecular complexity index is 120. The van der Waals surface area contributed by atoms with Crippen LogP contribution in [0.1, 0.15) is 0 Å². The summed E-state index contributed by atoms with van der Waals surface area (Å²) >= 11 is 0. The molecule has 0 aliphatic carbocycles. The van der Waals surface area contributed by atoms with Gasteiger partial charge in [0.25, 0.3) is 0 Å². The highest BCUT2D eigenvalue weighted by molar-refractivity contribution is 7.53. The predicted octanol–water partition coefficient (Wildman–Crippen LogP) is 1.66. The summed E-state index contributed by atoms with van der Waals surface area (Å²) < 4.78 is 51.9. The largest absolute Gasteiger partial charge is 0.498 e. The van der Waals surface area contributed by atoms with Gasteiger partial charge in [0.2, 0.25) is 0 Å². The Morgan fingerprint density at radius 1 is 1.38 bits per heavy atom. The first-order valence-corrected chi connectivity index (χ1v) is 2.89. The van der Waals surface area contributed by atoms with Crippen LogP contribution in [0, 0.1) is 0 Å². The topological polar surface area (TPSA) is 37.3 Å². The first kappa shape index (κ1) is 7.91. The molecule has 0 saturated heterocycles.